The Morgan fingerprint density at radius 3 is 0.952 bits per heavy atom. The number of nitrogens with one attached hydrogen (secondary N) is 4. The lowest BCUT2D eigenvalue weighted by Crippen LogP contribution is -2.22. The van der Waals surface area contributed by atoms with E-state index in [-0.39, 0.29) is 64.0 Å². The molecule has 4 amide bonds. The van der Waals surface area contributed by atoms with Gasteiger partial charge in [-0.05, 0) is 248 Å². The van der Waals surface area contributed by atoms with Gasteiger partial charge in [-0.25, -0.2) is 41.1 Å². The Kier molecular flexibility index (Phi) is 30.2. The van der Waals surface area contributed by atoms with Gasteiger partial charge in [-0.15, -0.1) is 0 Å². The third kappa shape index (κ3) is 22.1. The van der Waals surface area contributed by atoms with Gasteiger partial charge in [0.25, 0.3) is 0 Å². The van der Waals surface area contributed by atoms with E-state index in [0.29, 0.717) is 142 Å². The molecule has 0 aliphatic rings. The summed E-state index contributed by atoms with van der Waals surface area (Å²) in [5.74, 6) is -3.86. The molecular formula is C113H84ClF5N16O12. The monoisotopic (exact) mass is 1990 g/mol. The van der Waals surface area contributed by atoms with E-state index in [1.54, 1.807) is 213 Å². The summed E-state index contributed by atoms with van der Waals surface area (Å²) in [4.78, 5) is 118. The first-order valence-corrected chi connectivity index (χ1v) is 45.5. The molecule has 20 aromatic rings. The molecule has 12 aromatic carbocycles. The van der Waals surface area contributed by atoms with Crippen LogP contribution in [0.1, 0.15) is 27.8 Å². The highest BCUT2D eigenvalue weighted by Crippen LogP contribution is 2.34. The number of nitrogens with zero attached hydrogens (tertiary/aromatic N) is 12. The van der Waals surface area contributed by atoms with Crippen LogP contribution < -0.4 is 63.0 Å². The number of pyridine rings is 4. The summed E-state index contributed by atoms with van der Waals surface area (Å²) < 4.78 is 105. The number of anilines is 4. The zero-order chi connectivity index (χ0) is 103. The maximum atomic E-state index is 15.0. The number of carbonyl (C=O) groups excluding carboxylic acids is 4. The average Bonchev–Trinajstić information content (AvgIpc) is 1.62. The van der Waals surface area contributed by atoms with E-state index < -0.39 is 47.3 Å². The molecule has 147 heavy (non-hydrogen) atoms. The summed E-state index contributed by atoms with van der Waals surface area (Å²) in [5.41, 5.74) is 12.4. The topological polar surface area (TPSA) is 313 Å². The Bertz CT molecular complexity index is 8700. The largest absolute Gasteiger partial charge is 0.489 e. The number of carbonyl (C=O) groups is 4. The van der Waals surface area contributed by atoms with Crippen LogP contribution in [-0.4, -0.2) is 80.1 Å². The highest BCUT2D eigenvalue weighted by atomic mass is 35.5. The highest BCUT2D eigenvalue weighted by Gasteiger charge is 2.25. The minimum absolute atomic E-state index is 0.163. The van der Waals surface area contributed by atoms with Gasteiger partial charge in [-0.2, -0.15) is 0 Å². The van der Waals surface area contributed by atoms with Gasteiger partial charge in [0.2, 0.25) is 23.6 Å². The third-order valence-electron chi connectivity index (χ3n) is 23.1. The van der Waals surface area contributed by atoms with Gasteiger partial charge < -0.3 is 40.2 Å². The molecule has 20 rings (SSSR count). The molecule has 0 aliphatic carbocycles. The maximum absolute atomic E-state index is 15.0. The Hall–Kier alpha value is -19.7. The van der Waals surface area contributed by atoms with Gasteiger partial charge in [0, 0.05) is 53.6 Å². The number of benzene rings is 12. The summed E-state index contributed by atoms with van der Waals surface area (Å²) in [6.07, 6.45) is 17.4. The van der Waals surface area contributed by atoms with Crippen LogP contribution in [0.25, 0.3) is 89.6 Å². The standard InChI is InChI=1S/C29H24N4O3.C28H21ClN4O3.C28H19F3N4O3.C28H20F2N4O3/c1-3-28(34)31-22-9-6-10-24(17-22)33-26-15-16-30-18-27(26)32(29(33)35)23-11-13-25(14-12-23)36-19-21-8-5-4-7-20(21)2;1-2-27(34)31-20-9-6-10-21(15-20)32-24-13-14-30-17-25(24)33(28(32)35)22-11-12-26(23(29)16-22)36-18-19-7-4-3-5-8-19;1-2-27(36)33-17-5-3-6-18(13-17)34-24-11-12-32-15-25(24)35(28(34)37)19-9-10-26(23(31)14-19)38-16-20-21(29)7-4-8-22(20)30;1-2-27(35)32-18-5-3-6-20(15-18)34-25-13-14-31-16-26(25)33(28(34)36)19-9-11-21(12-10-19)37-17-22-23(29)7-4-8-24(22)30/h3-18H,1,19H2,2H3,(H,31,34);2-17H,1,18H2,(H,31,34);2-15H,1,16H2,(H,33,36);2-16H,1,17H2,(H,32,35). The third-order valence-corrected chi connectivity index (χ3v) is 23.4. The van der Waals surface area contributed by atoms with Crippen molar-refractivity contribution in [3.63, 3.8) is 0 Å². The molecule has 8 heterocycles. The van der Waals surface area contributed by atoms with Gasteiger partial charge >= 0.3 is 22.8 Å². The van der Waals surface area contributed by atoms with Crippen LogP contribution >= 0.6 is 11.6 Å². The van der Waals surface area contributed by atoms with Crippen molar-refractivity contribution in [1.82, 2.24) is 56.5 Å². The Morgan fingerprint density at radius 1 is 0.299 bits per heavy atom. The molecule has 0 saturated carbocycles. The van der Waals surface area contributed by atoms with Crippen molar-refractivity contribution >= 4 is 102 Å². The number of aryl methyl sites for hydroxylation is 1. The van der Waals surface area contributed by atoms with E-state index in [4.69, 9.17) is 30.5 Å². The fourth-order valence-corrected chi connectivity index (χ4v) is 16.3. The van der Waals surface area contributed by atoms with Crippen molar-refractivity contribution in [1.29, 1.82) is 0 Å². The molecule has 0 spiro atoms. The second kappa shape index (κ2) is 44.8. The van der Waals surface area contributed by atoms with Crippen LogP contribution in [0.2, 0.25) is 5.02 Å². The molecule has 8 aromatic heterocycles. The number of fused-ring (bicyclic) bond motifs is 4. The maximum Gasteiger partial charge on any atom is 0.338 e. The fraction of sp³-hybridized carbons (Fsp3) is 0.0442. The fourth-order valence-electron chi connectivity index (χ4n) is 16.0. The van der Waals surface area contributed by atoms with E-state index >= 15 is 4.39 Å². The van der Waals surface area contributed by atoms with Gasteiger partial charge in [0.05, 0.1) is 131 Å². The molecule has 0 aliphatic heterocycles. The van der Waals surface area contributed by atoms with E-state index in [1.807, 2.05) is 78.9 Å². The summed E-state index contributed by atoms with van der Waals surface area (Å²) >= 11 is 6.54. The quantitative estimate of drug-likeness (QED) is 0.0262. The Balaban J connectivity index is 0.000000134. The number of hydrogen-bond donors (Lipinski definition) is 4. The summed E-state index contributed by atoms with van der Waals surface area (Å²) in [7, 11) is 0. The molecule has 28 nitrogen and oxygen atoms in total. The number of halogens is 6. The van der Waals surface area contributed by atoms with E-state index in [1.165, 1.54) is 84.8 Å². The average molecular weight is 1990 g/mol. The number of rotatable bonds is 28. The van der Waals surface area contributed by atoms with Crippen LogP contribution in [-0.2, 0) is 45.6 Å². The molecule has 0 atom stereocenters. The first kappa shape index (κ1) is 98.9. The first-order chi connectivity index (χ1) is 71.4. The molecule has 0 radical (unpaired) electrons. The van der Waals surface area contributed by atoms with Gasteiger partial charge in [0.15, 0.2) is 11.6 Å². The van der Waals surface area contributed by atoms with Crippen LogP contribution in [0.3, 0.4) is 0 Å². The lowest BCUT2D eigenvalue weighted by atomic mass is 10.1. The Morgan fingerprint density at radius 2 is 0.599 bits per heavy atom. The molecule has 730 valence electrons. The summed E-state index contributed by atoms with van der Waals surface area (Å²) in [5, 5.41) is 11.2. The first-order valence-electron chi connectivity index (χ1n) is 45.1. The van der Waals surface area contributed by atoms with Crippen LogP contribution in [0.15, 0.2) is 417 Å². The van der Waals surface area contributed by atoms with E-state index in [2.05, 4.69) is 80.5 Å². The summed E-state index contributed by atoms with van der Waals surface area (Å²) in [6.45, 7) is 15.9. The summed E-state index contributed by atoms with van der Waals surface area (Å²) in [6, 6.07) is 82.5. The predicted molar refractivity (Wildman–Crippen MR) is 555 cm³/mol. The number of amides is 4. The van der Waals surface area contributed by atoms with Crippen LogP contribution in [0.5, 0.6) is 23.0 Å². The number of aromatic nitrogens is 12. The van der Waals surface area contributed by atoms with Crippen molar-refractivity contribution in [3.05, 3.63) is 501 Å². The molecule has 0 fully saturated rings. The molecule has 4 N–H and O–H groups in total. The number of imidazole rings is 4. The smallest absolute Gasteiger partial charge is 0.338 e. The van der Waals surface area contributed by atoms with Crippen molar-refractivity contribution in [2.24, 2.45) is 0 Å². The van der Waals surface area contributed by atoms with Gasteiger partial charge in [0.1, 0.15) is 66.9 Å². The second-order valence-corrected chi connectivity index (χ2v) is 32.8. The Labute approximate surface area is 838 Å². The van der Waals surface area contributed by atoms with E-state index in [0.717, 1.165) is 41.5 Å². The number of ether oxygens (including phenoxy) is 4. The van der Waals surface area contributed by atoms with Crippen molar-refractivity contribution in [2.75, 3.05) is 21.3 Å². The SMILES string of the molecule is C=CC(=O)Nc1cccc(-n2c(=O)n(-c3ccc(OCc4c(F)cccc4F)c(F)c3)c3cnccc32)c1.C=CC(=O)Nc1cccc(-n2c(=O)n(-c3ccc(OCc4c(F)cccc4F)cc3)c3cnccc32)c1.C=CC(=O)Nc1cccc(-n2c(=O)n(-c3ccc(OCc4ccccc4)c(Cl)c3)c3cnccc32)c1.C=CC(=O)Nc1cccc(-n2c(=O)n(-c3ccc(OCc4ccccc4C)cc3)c3cnccc32)c1. The lowest BCUT2D eigenvalue weighted by Gasteiger charge is -2.10. The highest BCUT2D eigenvalue weighted by molar-refractivity contribution is 6.32. The zero-order valence-electron chi connectivity index (χ0n) is 77.9. The minimum atomic E-state index is -0.829. The van der Waals surface area contributed by atoms with Crippen molar-refractivity contribution in [2.45, 2.75) is 33.4 Å². The zero-order valence-corrected chi connectivity index (χ0v) is 78.7. The lowest BCUT2D eigenvalue weighted by molar-refractivity contribution is -0.112. The van der Waals surface area contributed by atoms with Crippen molar-refractivity contribution < 1.29 is 60.1 Å². The van der Waals surface area contributed by atoms with Gasteiger partial charge in [-0.1, -0.05) is 129 Å². The number of hydrogen-bond acceptors (Lipinski definition) is 16. The van der Waals surface area contributed by atoms with E-state index in [9.17, 15) is 55.9 Å². The minimum Gasteiger partial charge on any atom is -0.489 e. The van der Waals surface area contributed by atoms with Crippen molar-refractivity contribution in [3.8, 4) is 68.5 Å². The molecule has 34 heteroatoms. The van der Waals surface area contributed by atoms with Crippen LogP contribution in [0, 0.1) is 36.0 Å². The predicted octanol–water partition coefficient (Wildman–Crippen LogP) is 21.2. The molecule has 0 unspecified atom stereocenters. The molecule has 0 saturated heterocycles. The normalized spacial score (nSPS) is 10.9. The molecular weight excluding hydrogens is 1900 g/mol. The van der Waals surface area contributed by atoms with Crippen LogP contribution in [0.4, 0.5) is 44.7 Å². The molecule has 0 bridgehead atoms. The van der Waals surface area contributed by atoms with Gasteiger partial charge in [-0.3, -0.25) is 75.7 Å². The second-order valence-electron chi connectivity index (χ2n) is 32.4.